The number of aromatic nitrogens is 3. The average molecular weight is 342 g/mol. The van der Waals surface area contributed by atoms with E-state index in [9.17, 15) is 9.59 Å². The molecule has 0 aliphatic carbocycles. The Morgan fingerprint density at radius 1 is 1.38 bits per heavy atom. The molecular formula is C17H18N4O2S. The maximum absolute atomic E-state index is 13.2. The maximum atomic E-state index is 13.2. The van der Waals surface area contributed by atoms with E-state index in [0.29, 0.717) is 12.4 Å². The summed E-state index contributed by atoms with van der Waals surface area (Å²) < 4.78 is 1.13. The van der Waals surface area contributed by atoms with E-state index in [2.05, 4.69) is 28.2 Å². The zero-order valence-electron chi connectivity index (χ0n) is 13.3. The van der Waals surface area contributed by atoms with Crippen LogP contribution in [0.1, 0.15) is 47.1 Å². The minimum atomic E-state index is -0.334. The van der Waals surface area contributed by atoms with Crippen molar-refractivity contribution < 1.29 is 4.79 Å². The number of piperidine rings is 1. The van der Waals surface area contributed by atoms with Gasteiger partial charge >= 0.3 is 5.69 Å². The molecule has 0 spiro atoms. The van der Waals surface area contributed by atoms with Crippen LogP contribution in [0.2, 0.25) is 0 Å². The fourth-order valence-electron chi connectivity index (χ4n) is 3.36. The second-order valence-corrected chi connectivity index (χ2v) is 7.13. The lowest BCUT2D eigenvalue weighted by Crippen LogP contribution is -2.39. The highest BCUT2D eigenvalue weighted by atomic mass is 32.1. The van der Waals surface area contributed by atoms with Crippen LogP contribution in [0, 0.1) is 6.92 Å². The van der Waals surface area contributed by atoms with Crippen LogP contribution in [-0.2, 0) is 0 Å². The van der Waals surface area contributed by atoms with Crippen molar-refractivity contribution in [2.45, 2.75) is 32.2 Å². The Morgan fingerprint density at radius 2 is 2.25 bits per heavy atom. The van der Waals surface area contributed by atoms with Crippen molar-refractivity contribution >= 4 is 27.3 Å². The standard InChI is InChI=1S/C17H18N4O2S/c1-10-5-6-11-12(9-24-14(11)8-10)16(22)21-7-3-2-4-13(21)15-18-17(23)20-19-15/h5-6,8-9,13H,2-4,7H2,1H3,(H2,18,19,20,23). The summed E-state index contributed by atoms with van der Waals surface area (Å²) in [6.07, 6.45) is 2.80. The van der Waals surface area contributed by atoms with Gasteiger partial charge in [0.1, 0.15) is 0 Å². The summed E-state index contributed by atoms with van der Waals surface area (Å²) in [5.74, 6) is 0.557. The Balaban J connectivity index is 1.71. The molecule has 24 heavy (non-hydrogen) atoms. The molecule has 1 aliphatic heterocycles. The molecule has 6 nitrogen and oxygen atoms in total. The summed E-state index contributed by atoms with van der Waals surface area (Å²) in [4.78, 5) is 29.1. The van der Waals surface area contributed by atoms with E-state index in [1.807, 2.05) is 22.4 Å². The Morgan fingerprint density at radius 3 is 3.04 bits per heavy atom. The number of thiophene rings is 1. The van der Waals surface area contributed by atoms with Crippen LogP contribution in [0.4, 0.5) is 0 Å². The SMILES string of the molecule is Cc1ccc2c(C(=O)N3CCCCC3c3n[nH]c(=O)[nH]3)csc2c1. The van der Waals surface area contributed by atoms with Crippen LogP contribution in [0.25, 0.3) is 10.1 Å². The summed E-state index contributed by atoms with van der Waals surface area (Å²) in [5.41, 5.74) is 1.59. The number of hydrogen-bond acceptors (Lipinski definition) is 4. The van der Waals surface area contributed by atoms with E-state index in [1.165, 1.54) is 5.56 Å². The van der Waals surface area contributed by atoms with Gasteiger partial charge in [0.2, 0.25) is 0 Å². The van der Waals surface area contributed by atoms with E-state index in [-0.39, 0.29) is 17.6 Å². The number of benzene rings is 1. The number of carbonyl (C=O) groups excluding carboxylic acids is 1. The number of aryl methyl sites for hydroxylation is 1. The zero-order chi connectivity index (χ0) is 16.7. The third-order valence-electron chi connectivity index (χ3n) is 4.56. The van der Waals surface area contributed by atoms with Gasteiger partial charge in [-0.05, 0) is 37.8 Å². The number of carbonyl (C=O) groups is 1. The summed E-state index contributed by atoms with van der Waals surface area (Å²) >= 11 is 1.59. The second kappa shape index (κ2) is 5.90. The molecule has 1 atom stereocenters. The molecule has 2 N–H and O–H groups in total. The first-order valence-electron chi connectivity index (χ1n) is 8.07. The quantitative estimate of drug-likeness (QED) is 0.751. The Hall–Kier alpha value is -2.41. The number of nitrogens with zero attached hydrogens (tertiary/aromatic N) is 2. The molecule has 1 amide bonds. The molecule has 1 fully saturated rings. The highest BCUT2D eigenvalue weighted by molar-refractivity contribution is 7.17. The number of aromatic amines is 2. The van der Waals surface area contributed by atoms with Crippen LogP contribution in [0.15, 0.2) is 28.4 Å². The Kier molecular flexibility index (Phi) is 3.72. The number of nitrogens with one attached hydrogen (secondary N) is 2. The first-order chi connectivity index (χ1) is 11.6. The van der Waals surface area contributed by atoms with Gasteiger partial charge in [0.05, 0.1) is 11.6 Å². The maximum Gasteiger partial charge on any atom is 0.340 e. The molecule has 0 saturated carbocycles. The van der Waals surface area contributed by atoms with Gasteiger partial charge in [0.15, 0.2) is 5.82 Å². The van der Waals surface area contributed by atoms with Gasteiger partial charge in [0.25, 0.3) is 5.91 Å². The first-order valence-corrected chi connectivity index (χ1v) is 8.95. The van der Waals surface area contributed by atoms with Crippen LogP contribution in [0.3, 0.4) is 0 Å². The van der Waals surface area contributed by atoms with Crippen molar-refractivity contribution in [3.05, 3.63) is 51.0 Å². The lowest BCUT2D eigenvalue weighted by Gasteiger charge is -2.34. The molecule has 124 valence electrons. The van der Waals surface area contributed by atoms with Gasteiger partial charge in [-0.15, -0.1) is 11.3 Å². The molecule has 3 heterocycles. The molecule has 4 rings (SSSR count). The number of fused-ring (bicyclic) bond motifs is 1. The van der Waals surface area contributed by atoms with Gasteiger partial charge in [-0.1, -0.05) is 12.1 Å². The second-order valence-electron chi connectivity index (χ2n) is 6.22. The van der Waals surface area contributed by atoms with E-state index in [4.69, 9.17) is 0 Å². The molecule has 1 aromatic carbocycles. The molecule has 0 bridgehead atoms. The van der Waals surface area contributed by atoms with E-state index in [0.717, 1.165) is 34.9 Å². The number of H-pyrrole nitrogens is 2. The lowest BCUT2D eigenvalue weighted by atomic mass is 10.00. The number of amides is 1. The molecule has 2 aromatic heterocycles. The van der Waals surface area contributed by atoms with Gasteiger partial charge < -0.3 is 4.90 Å². The highest BCUT2D eigenvalue weighted by Gasteiger charge is 2.31. The first kappa shape index (κ1) is 15.1. The van der Waals surface area contributed by atoms with E-state index < -0.39 is 0 Å². The zero-order valence-corrected chi connectivity index (χ0v) is 14.2. The monoisotopic (exact) mass is 342 g/mol. The largest absolute Gasteiger partial charge is 0.340 e. The summed E-state index contributed by atoms with van der Waals surface area (Å²) in [6.45, 7) is 2.73. The summed E-state index contributed by atoms with van der Waals surface area (Å²) in [6, 6.07) is 5.98. The van der Waals surface area contributed by atoms with Gasteiger partial charge in [-0.3, -0.25) is 9.78 Å². The van der Waals surface area contributed by atoms with Crippen molar-refractivity contribution in [3.8, 4) is 0 Å². The number of hydrogen-bond donors (Lipinski definition) is 2. The molecule has 7 heteroatoms. The Labute approximate surface area is 142 Å². The summed E-state index contributed by atoms with van der Waals surface area (Å²) in [7, 11) is 0. The minimum Gasteiger partial charge on any atom is -0.328 e. The smallest absolute Gasteiger partial charge is 0.328 e. The minimum absolute atomic E-state index is 0.0126. The molecular weight excluding hydrogens is 324 g/mol. The highest BCUT2D eigenvalue weighted by Crippen LogP contribution is 2.33. The summed E-state index contributed by atoms with van der Waals surface area (Å²) in [5, 5.41) is 9.37. The number of likely N-dealkylation sites (tertiary alicyclic amines) is 1. The fourth-order valence-corrected chi connectivity index (χ4v) is 4.39. The topological polar surface area (TPSA) is 81.8 Å². The van der Waals surface area contributed by atoms with Gasteiger partial charge in [0, 0.05) is 22.0 Å². The van der Waals surface area contributed by atoms with Crippen LogP contribution < -0.4 is 5.69 Å². The van der Waals surface area contributed by atoms with Gasteiger partial charge in [-0.25, -0.2) is 9.89 Å². The van der Waals surface area contributed by atoms with E-state index in [1.54, 1.807) is 11.3 Å². The van der Waals surface area contributed by atoms with Crippen molar-refractivity contribution in [3.63, 3.8) is 0 Å². The van der Waals surface area contributed by atoms with E-state index >= 15 is 0 Å². The molecule has 1 aliphatic rings. The Bertz CT molecular complexity index is 955. The third-order valence-corrected chi connectivity index (χ3v) is 5.51. The molecule has 1 saturated heterocycles. The molecule has 0 radical (unpaired) electrons. The lowest BCUT2D eigenvalue weighted by molar-refractivity contribution is 0.0603. The molecule has 3 aromatic rings. The predicted octanol–water partition coefficient (Wildman–Crippen LogP) is 2.99. The fraction of sp³-hybridized carbons (Fsp3) is 0.353. The predicted molar refractivity (Wildman–Crippen MR) is 93.4 cm³/mol. The van der Waals surface area contributed by atoms with Crippen LogP contribution >= 0.6 is 11.3 Å². The van der Waals surface area contributed by atoms with Crippen molar-refractivity contribution in [2.75, 3.05) is 6.54 Å². The molecule has 1 unspecified atom stereocenters. The van der Waals surface area contributed by atoms with Crippen molar-refractivity contribution in [1.82, 2.24) is 20.1 Å². The average Bonchev–Trinajstić information content (AvgIpc) is 3.20. The number of rotatable bonds is 2. The van der Waals surface area contributed by atoms with Gasteiger partial charge in [-0.2, -0.15) is 5.10 Å². The normalized spacial score (nSPS) is 18.2. The van der Waals surface area contributed by atoms with Crippen LogP contribution in [-0.4, -0.2) is 32.5 Å². The van der Waals surface area contributed by atoms with Crippen molar-refractivity contribution in [2.24, 2.45) is 0 Å². The van der Waals surface area contributed by atoms with Crippen molar-refractivity contribution in [1.29, 1.82) is 0 Å². The third kappa shape index (κ3) is 2.54. The van der Waals surface area contributed by atoms with Crippen LogP contribution in [0.5, 0.6) is 0 Å².